The molecule has 0 unspecified atom stereocenters. The van der Waals surface area contributed by atoms with Crippen LogP contribution in [-0.2, 0) is 11.3 Å². The lowest BCUT2D eigenvalue weighted by atomic mass is 9.94. The van der Waals surface area contributed by atoms with Crippen molar-refractivity contribution in [3.8, 4) is 11.5 Å². The Labute approximate surface area is 209 Å². The molecule has 0 spiro atoms. The summed E-state index contributed by atoms with van der Waals surface area (Å²) in [6.45, 7) is 0.248. The topological polar surface area (TPSA) is 107 Å². The minimum absolute atomic E-state index is 0.212. The van der Waals surface area contributed by atoms with Crippen molar-refractivity contribution in [3.05, 3.63) is 59.9 Å². The first-order valence-electron chi connectivity index (χ1n) is 11.6. The highest BCUT2D eigenvalue weighted by Gasteiger charge is 2.26. The zero-order valence-corrected chi connectivity index (χ0v) is 20.4. The summed E-state index contributed by atoms with van der Waals surface area (Å²) in [4.78, 5) is 26.1. The summed E-state index contributed by atoms with van der Waals surface area (Å²) in [5.74, 6) is 0.198. The highest BCUT2D eigenvalue weighted by atomic mass is 32.1. The lowest BCUT2D eigenvalue weighted by Crippen LogP contribution is -2.48. The SMILES string of the molecule is COc1cc(CN(C(=S)NC(=O)c2cc3ccccc3o2)C2CCCCC2)ccc1OCC(N)=O. The number of carbonyl (C=O) groups is 2. The van der Waals surface area contributed by atoms with Crippen LogP contribution in [0, 0.1) is 0 Å². The van der Waals surface area contributed by atoms with E-state index in [1.54, 1.807) is 12.1 Å². The van der Waals surface area contributed by atoms with E-state index in [4.69, 9.17) is 31.8 Å². The fourth-order valence-electron chi connectivity index (χ4n) is 4.36. The number of ether oxygens (including phenoxy) is 2. The van der Waals surface area contributed by atoms with Crippen molar-refractivity contribution in [2.24, 2.45) is 5.73 Å². The second-order valence-corrected chi connectivity index (χ2v) is 8.95. The number of fused-ring (bicyclic) bond motifs is 1. The minimum Gasteiger partial charge on any atom is -0.493 e. The normalized spacial score (nSPS) is 13.9. The summed E-state index contributed by atoms with van der Waals surface area (Å²) in [5.41, 5.74) is 6.76. The Bertz CT molecular complexity index is 1190. The number of benzene rings is 2. The fourth-order valence-corrected chi connectivity index (χ4v) is 4.67. The lowest BCUT2D eigenvalue weighted by molar-refractivity contribution is -0.119. The Hall–Kier alpha value is -3.59. The molecule has 1 fully saturated rings. The van der Waals surface area contributed by atoms with Gasteiger partial charge in [-0.2, -0.15) is 0 Å². The van der Waals surface area contributed by atoms with Crippen LogP contribution in [0.15, 0.2) is 52.9 Å². The van der Waals surface area contributed by atoms with Gasteiger partial charge >= 0.3 is 0 Å². The molecule has 1 heterocycles. The molecule has 1 aliphatic carbocycles. The number of hydrogen-bond acceptors (Lipinski definition) is 6. The van der Waals surface area contributed by atoms with Crippen LogP contribution in [0.3, 0.4) is 0 Å². The molecule has 0 radical (unpaired) electrons. The Morgan fingerprint density at radius 3 is 2.60 bits per heavy atom. The Balaban J connectivity index is 1.52. The van der Waals surface area contributed by atoms with Crippen LogP contribution in [0.1, 0.15) is 48.2 Å². The van der Waals surface area contributed by atoms with E-state index in [9.17, 15) is 9.59 Å². The number of para-hydroxylation sites is 1. The number of nitrogens with two attached hydrogens (primary N) is 1. The second kappa shape index (κ2) is 11.2. The highest BCUT2D eigenvalue weighted by molar-refractivity contribution is 7.80. The predicted octanol–water partition coefficient (Wildman–Crippen LogP) is 4.16. The average molecular weight is 496 g/mol. The van der Waals surface area contributed by atoms with Gasteiger partial charge in [-0.1, -0.05) is 43.5 Å². The van der Waals surface area contributed by atoms with Crippen LogP contribution in [0.25, 0.3) is 11.0 Å². The summed E-state index contributed by atoms with van der Waals surface area (Å²) in [7, 11) is 1.54. The van der Waals surface area contributed by atoms with E-state index in [1.807, 2.05) is 36.4 Å². The molecule has 9 heteroatoms. The summed E-state index contributed by atoms with van der Waals surface area (Å²) in [5, 5.41) is 4.08. The second-order valence-electron chi connectivity index (χ2n) is 8.57. The third-order valence-corrected chi connectivity index (χ3v) is 6.43. The molecule has 2 aromatic carbocycles. The molecular formula is C26H29N3O5S. The molecule has 3 aromatic rings. The monoisotopic (exact) mass is 495 g/mol. The minimum atomic E-state index is -0.565. The molecule has 35 heavy (non-hydrogen) atoms. The number of thiocarbonyl (C=S) groups is 1. The number of rotatable bonds is 8. The molecule has 2 amide bonds. The van der Waals surface area contributed by atoms with E-state index in [0.717, 1.165) is 36.6 Å². The van der Waals surface area contributed by atoms with Crippen LogP contribution < -0.4 is 20.5 Å². The third-order valence-electron chi connectivity index (χ3n) is 6.10. The van der Waals surface area contributed by atoms with Gasteiger partial charge in [-0.15, -0.1) is 0 Å². The van der Waals surface area contributed by atoms with Gasteiger partial charge in [-0.05, 0) is 54.9 Å². The molecule has 3 N–H and O–H groups in total. The van der Waals surface area contributed by atoms with Crippen molar-refractivity contribution in [1.29, 1.82) is 0 Å². The summed E-state index contributed by atoms with van der Waals surface area (Å²) < 4.78 is 16.6. The van der Waals surface area contributed by atoms with Gasteiger partial charge in [0.1, 0.15) is 5.58 Å². The predicted molar refractivity (Wildman–Crippen MR) is 136 cm³/mol. The first-order valence-corrected chi connectivity index (χ1v) is 12.0. The number of primary amides is 1. The molecule has 0 atom stereocenters. The molecule has 0 saturated heterocycles. The molecule has 1 aromatic heterocycles. The summed E-state index contributed by atoms with van der Waals surface area (Å²) in [6.07, 6.45) is 5.42. The van der Waals surface area contributed by atoms with Crippen LogP contribution >= 0.6 is 12.2 Å². The largest absolute Gasteiger partial charge is 0.493 e. The van der Waals surface area contributed by atoms with E-state index in [0.29, 0.717) is 28.7 Å². The van der Waals surface area contributed by atoms with Gasteiger partial charge in [0.05, 0.1) is 7.11 Å². The zero-order chi connectivity index (χ0) is 24.8. The highest BCUT2D eigenvalue weighted by Crippen LogP contribution is 2.30. The van der Waals surface area contributed by atoms with Gasteiger partial charge in [0.15, 0.2) is 29.0 Å². The Kier molecular flexibility index (Phi) is 7.87. The van der Waals surface area contributed by atoms with Gasteiger partial charge in [-0.3, -0.25) is 14.9 Å². The molecule has 8 nitrogen and oxygen atoms in total. The van der Waals surface area contributed by atoms with Crippen molar-refractivity contribution < 1.29 is 23.5 Å². The summed E-state index contributed by atoms with van der Waals surface area (Å²) in [6, 6.07) is 14.9. The lowest BCUT2D eigenvalue weighted by Gasteiger charge is -2.36. The van der Waals surface area contributed by atoms with Crippen LogP contribution in [-0.4, -0.2) is 41.6 Å². The van der Waals surface area contributed by atoms with Crippen molar-refractivity contribution in [2.45, 2.75) is 44.7 Å². The maximum absolute atomic E-state index is 12.9. The number of methoxy groups -OCH3 is 1. The standard InChI is InChI=1S/C26H29N3O5S/c1-32-22-13-17(11-12-21(22)33-16-24(27)30)15-29(19-8-3-2-4-9-19)26(35)28-25(31)23-14-18-7-5-6-10-20(18)34-23/h5-7,10-14,19H,2-4,8-9,15-16H2,1H3,(H2,27,30)(H,28,31,35). The molecular weight excluding hydrogens is 466 g/mol. The molecule has 1 aliphatic rings. The van der Waals surface area contributed by atoms with Gasteiger partial charge < -0.3 is 24.5 Å². The van der Waals surface area contributed by atoms with E-state index >= 15 is 0 Å². The number of amides is 2. The van der Waals surface area contributed by atoms with Crippen LogP contribution in [0.5, 0.6) is 11.5 Å². The smallest absolute Gasteiger partial charge is 0.293 e. The van der Waals surface area contributed by atoms with Gasteiger partial charge in [-0.25, -0.2) is 0 Å². The molecule has 0 aliphatic heterocycles. The van der Waals surface area contributed by atoms with Crippen LogP contribution in [0.2, 0.25) is 0 Å². The fraction of sp³-hybridized carbons (Fsp3) is 0.346. The number of furan rings is 1. The maximum Gasteiger partial charge on any atom is 0.293 e. The van der Waals surface area contributed by atoms with E-state index in [-0.39, 0.29) is 24.3 Å². The number of nitrogens with zero attached hydrogens (tertiary/aromatic N) is 1. The quantitative estimate of drug-likeness (QED) is 0.452. The van der Waals surface area contributed by atoms with Gasteiger partial charge in [0, 0.05) is 18.0 Å². The average Bonchev–Trinajstić information content (AvgIpc) is 3.31. The third kappa shape index (κ3) is 6.10. The number of carbonyl (C=O) groups excluding carboxylic acids is 2. The van der Waals surface area contributed by atoms with E-state index in [1.165, 1.54) is 13.5 Å². The molecule has 184 valence electrons. The van der Waals surface area contributed by atoms with Crippen molar-refractivity contribution in [3.63, 3.8) is 0 Å². The number of nitrogens with one attached hydrogen (secondary N) is 1. The van der Waals surface area contributed by atoms with Crippen molar-refractivity contribution in [1.82, 2.24) is 10.2 Å². The number of hydrogen-bond donors (Lipinski definition) is 2. The molecule has 0 bridgehead atoms. The van der Waals surface area contributed by atoms with Crippen LogP contribution in [0.4, 0.5) is 0 Å². The molecule has 4 rings (SSSR count). The van der Waals surface area contributed by atoms with Crippen molar-refractivity contribution in [2.75, 3.05) is 13.7 Å². The van der Waals surface area contributed by atoms with Crippen molar-refractivity contribution >= 4 is 40.1 Å². The molecule has 1 saturated carbocycles. The Morgan fingerprint density at radius 1 is 1.11 bits per heavy atom. The first-order chi connectivity index (χ1) is 16.9. The maximum atomic E-state index is 12.9. The zero-order valence-electron chi connectivity index (χ0n) is 19.6. The summed E-state index contributed by atoms with van der Waals surface area (Å²) >= 11 is 5.71. The van der Waals surface area contributed by atoms with E-state index < -0.39 is 5.91 Å². The van der Waals surface area contributed by atoms with Gasteiger partial charge in [0.2, 0.25) is 0 Å². The van der Waals surface area contributed by atoms with Gasteiger partial charge in [0.25, 0.3) is 11.8 Å². The first kappa shape index (κ1) is 24.5. The van der Waals surface area contributed by atoms with E-state index in [2.05, 4.69) is 10.2 Å². The Morgan fingerprint density at radius 2 is 1.89 bits per heavy atom.